The average Bonchev–Trinajstić information content (AvgIpc) is 2.31. The normalized spacial score (nSPS) is 40.1. The van der Waals surface area contributed by atoms with Crippen molar-refractivity contribution in [3.8, 4) is 0 Å². The van der Waals surface area contributed by atoms with Crippen molar-refractivity contribution in [1.29, 1.82) is 0 Å². The topological polar surface area (TPSA) is 66.6 Å². The number of rotatable bonds is 0. The molecule has 1 aliphatic heterocycles. The van der Waals surface area contributed by atoms with Crippen LogP contribution in [0.25, 0.3) is 0 Å². The number of hydrogen-bond donors (Lipinski definition) is 2. The lowest BCUT2D eigenvalue weighted by Gasteiger charge is -2.43. The van der Waals surface area contributed by atoms with E-state index >= 15 is 0 Å². The van der Waals surface area contributed by atoms with Crippen molar-refractivity contribution in [2.45, 2.75) is 25.3 Å². The Labute approximate surface area is 71.3 Å². The van der Waals surface area contributed by atoms with E-state index in [0.29, 0.717) is 19.1 Å². The second-order valence-corrected chi connectivity index (χ2v) is 4.12. The predicted molar refractivity (Wildman–Crippen MR) is 43.9 cm³/mol. The second kappa shape index (κ2) is 2.36. The van der Waals surface area contributed by atoms with E-state index < -0.39 is 6.09 Å². The van der Waals surface area contributed by atoms with E-state index in [9.17, 15) is 4.79 Å². The first kappa shape index (κ1) is 7.86. The number of carbonyl (C=O) groups is 1. The van der Waals surface area contributed by atoms with Gasteiger partial charge in [-0.2, -0.15) is 0 Å². The molecule has 0 atom stereocenters. The van der Waals surface area contributed by atoms with E-state index in [4.69, 9.17) is 10.8 Å². The molecule has 0 aromatic carbocycles. The number of carboxylic acid groups (broad SMARTS) is 1. The fourth-order valence-corrected chi connectivity index (χ4v) is 2.48. The third-order valence-electron chi connectivity index (χ3n) is 3.10. The molecular formula is C8H14N2O2. The van der Waals surface area contributed by atoms with Gasteiger partial charge in [-0.25, -0.2) is 4.79 Å². The van der Waals surface area contributed by atoms with Gasteiger partial charge in [0, 0.05) is 19.1 Å². The van der Waals surface area contributed by atoms with Gasteiger partial charge in [-0.3, -0.25) is 0 Å². The molecule has 4 heteroatoms. The number of nitrogens with two attached hydrogens (primary N) is 1. The Hall–Kier alpha value is -0.770. The number of likely N-dealkylation sites (tertiary alicyclic amines) is 1. The molecular weight excluding hydrogens is 156 g/mol. The van der Waals surface area contributed by atoms with Gasteiger partial charge in [0.1, 0.15) is 0 Å². The number of nitrogens with zero attached hydrogens (tertiary/aromatic N) is 1. The van der Waals surface area contributed by atoms with Gasteiger partial charge in [0.25, 0.3) is 0 Å². The van der Waals surface area contributed by atoms with Gasteiger partial charge in [0.15, 0.2) is 0 Å². The summed E-state index contributed by atoms with van der Waals surface area (Å²) >= 11 is 0. The molecule has 0 bridgehead atoms. The molecule has 68 valence electrons. The van der Waals surface area contributed by atoms with Crippen molar-refractivity contribution >= 4 is 6.09 Å². The van der Waals surface area contributed by atoms with E-state index in [2.05, 4.69) is 0 Å². The van der Waals surface area contributed by atoms with Gasteiger partial charge in [0.2, 0.25) is 0 Å². The summed E-state index contributed by atoms with van der Waals surface area (Å²) < 4.78 is 0. The summed E-state index contributed by atoms with van der Waals surface area (Å²) in [6.07, 6.45) is 2.24. The van der Waals surface area contributed by atoms with Crippen LogP contribution in [0.15, 0.2) is 0 Å². The zero-order valence-electron chi connectivity index (χ0n) is 6.99. The highest BCUT2D eigenvalue weighted by Crippen LogP contribution is 2.47. The van der Waals surface area contributed by atoms with Crippen LogP contribution in [0, 0.1) is 5.41 Å². The fourth-order valence-electron chi connectivity index (χ4n) is 2.48. The van der Waals surface area contributed by atoms with Crippen LogP contribution in [-0.2, 0) is 0 Å². The van der Waals surface area contributed by atoms with Crippen LogP contribution in [0.5, 0.6) is 0 Å². The molecule has 1 saturated carbocycles. The highest BCUT2D eigenvalue weighted by atomic mass is 16.4. The summed E-state index contributed by atoms with van der Waals surface area (Å²) in [5.74, 6) is 0. The molecule has 0 unspecified atom stereocenters. The van der Waals surface area contributed by atoms with Gasteiger partial charge in [-0.15, -0.1) is 0 Å². The molecule has 2 rings (SSSR count). The van der Waals surface area contributed by atoms with Crippen molar-refractivity contribution in [2.75, 3.05) is 13.1 Å². The summed E-state index contributed by atoms with van der Waals surface area (Å²) in [5, 5.41) is 8.73. The molecule has 12 heavy (non-hydrogen) atoms. The second-order valence-electron chi connectivity index (χ2n) is 4.12. The Morgan fingerprint density at radius 1 is 1.58 bits per heavy atom. The Kier molecular flexibility index (Phi) is 1.54. The lowest BCUT2D eigenvalue weighted by Crippen LogP contribution is -2.47. The zero-order chi connectivity index (χ0) is 8.77. The maximum atomic E-state index is 10.6. The Balaban J connectivity index is 1.95. The third-order valence-corrected chi connectivity index (χ3v) is 3.10. The van der Waals surface area contributed by atoms with Gasteiger partial charge in [-0.05, 0) is 24.7 Å². The Bertz CT molecular complexity index is 211. The highest BCUT2D eigenvalue weighted by molar-refractivity contribution is 5.65. The van der Waals surface area contributed by atoms with Crippen LogP contribution in [0.1, 0.15) is 19.3 Å². The number of amides is 1. The van der Waals surface area contributed by atoms with E-state index in [1.165, 1.54) is 4.90 Å². The van der Waals surface area contributed by atoms with Gasteiger partial charge < -0.3 is 15.7 Å². The van der Waals surface area contributed by atoms with Crippen LogP contribution in [0.2, 0.25) is 0 Å². The van der Waals surface area contributed by atoms with Crippen LogP contribution < -0.4 is 5.73 Å². The van der Waals surface area contributed by atoms with E-state index in [1.54, 1.807) is 0 Å². The standard InChI is InChI=1S/C8H14N2O2/c9-6-3-8(4-6)1-2-10(5-8)7(11)12/h6H,1-5,9H2,(H,11,12)/t6-,8+. The van der Waals surface area contributed by atoms with Crippen LogP contribution in [-0.4, -0.2) is 35.2 Å². The molecule has 0 aromatic rings. The molecule has 2 fully saturated rings. The lowest BCUT2D eigenvalue weighted by molar-refractivity contribution is 0.104. The molecule has 1 heterocycles. The van der Waals surface area contributed by atoms with Crippen molar-refractivity contribution in [3.05, 3.63) is 0 Å². The first-order chi connectivity index (χ1) is 5.61. The average molecular weight is 170 g/mol. The first-order valence-corrected chi connectivity index (χ1v) is 4.35. The van der Waals surface area contributed by atoms with E-state index in [0.717, 1.165) is 19.3 Å². The van der Waals surface area contributed by atoms with Crippen molar-refractivity contribution in [3.63, 3.8) is 0 Å². The van der Waals surface area contributed by atoms with Gasteiger partial charge in [0.05, 0.1) is 0 Å². The van der Waals surface area contributed by atoms with E-state index in [-0.39, 0.29) is 5.41 Å². The molecule has 3 N–H and O–H groups in total. The quantitative estimate of drug-likeness (QED) is 0.555. The maximum absolute atomic E-state index is 10.6. The van der Waals surface area contributed by atoms with E-state index in [1.807, 2.05) is 0 Å². The molecule has 2 aliphatic rings. The zero-order valence-corrected chi connectivity index (χ0v) is 6.99. The first-order valence-electron chi connectivity index (χ1n) is 4.35. The van der Waals surface area contributed by atoms with Crippen molar-refractivity contribution in [2.24, 2.45) is 11.1 Å². The third kappa shape index (κ3) is 1.06. The summed E-state index contributed by atoms with van der Waals surface area (Å²) in [6.45, 7) is 1.40. The Morgan fingerprint density at radius 3 is 2.67 bits per heavy atom. The minimum atomic E-state index is -0.785. The molecule has 1 amide bonds. The fraction of sp³-hybridized carbons (Fsp3) is 0.875. The number of hydrogen-bond acceptors (Lipinski definition) is 2. The van der Waals surface area contributed by atoms with Crippen molar-refractivity contribution < 1.29 is 9.90 Å². The molecule has 0 aromatic heterocycles. The van der Waals surface area contributed by atoms with Gasteiger partial charge >= 0.3 is 6.09 Å². The van der Waals surface area contributed by atoms with Gasteiger partial charge in [-0.1, -0.05) is 0 Å². The SMILES string of the molecule is N[C@H]1C[C@]2(CCN(C(=O)O)C2)C1. The summed E-state index contributed by atoms with van der Waals surface area (Å²) in [4.78, 5) is 12.1. The molecule has 4 nitrogen and oxygen atoms in total. The monoisotopic (exact) mass is 170 g/mol. The van der Waals surface area contributed by atoms with Crippen LogP contribution >= 0.6 is 0 Å². The molecule has 1 aliphatic carbocycles. The summed E-state index contributed by atoms with van der Waals surface area (Å²) in [5.41, 5.74) is 5.95. The highest BCUT2D eigenvalue weighted by Gasteiger charge is 2.48. The minimum Gasteiger partial charge on any atom is -0.465 e. The van der Waals surface area contributed by atoms with Crippen LogP contribution in [0.3, 0.4) is 0 Å². The van der Waals surface area contributed by atoms with Crippen LogP contribution in [0.4, 0.5) is 4.79 Å². The molecule has 1 saturated heterocycles. The molecule has 0 radical (unpaired) electrons. The largest absolute Gasteiger partial charge is 0.465 e. The maximum Gasteiger partial charge on any atom is 0.407 e. The smallest absolute Gasteiger partial charge is 0.407 e. The minimum absolute atomic E-state index is 0.262. The lowest BCUT2D eigenvalue weighted by atomic mass is 9.65. The Morgan fingerprint density at radius 2 is 2.25 bits per heavy atom. The predicted octanol–water partition coefficient (Wildman–Crippen LogP) is 0.478. The molecule has 1 spiro atoms. The summed E-state index contributed by atoms with van der Waals surface area (Å²) in [7, 11) is 0. The van der Waals surface area contributed by atoms with Crippen molar-refractivity contribution in [1.82, 2.24) is 4.90 Å². The summed E-state index contributed by atoms with van der Waals surface area (Å²) in [6, 6.07) is 0.318.